The Morgan fingerprint density at radius 1 is 1.00 bits per heavy atom. The third-order valence-corrected chi connectivity index (χ3v) is 2.51. The number of hydrogen-bond acceptors (Lipinski definition) is 4. The van der Waals surface area contributed by atoms with Crippen LogP contribution in [0.25, 0.3) is 0 Å². The Hall–Kier alpha value is -0.970. The highest BCUT2D eigenvalue weighted by molar-refractivity contribution is 5.09. The van der Waals surface area contributed by atoms with Gasteiger partial charge in [0, 0.05) is 38.6 Å². The molecular weight excluding hydrogens is 204 g/mol. The fourth-order valence-electron chi connectivity index (χ4n) is 1.61. The lowest BCUT2D eigenvalue weighted by Crippen LogP contribution is -2.30. The summed E-state index contributed by atoms with van der Waals surface area (Å²) in [7, 11) is 0. The van der Waals surface area contributed by atoms with E-state index < -0.39 is 0 Å². The quantitative estimate of drug-likeness (QED) is 0.667. The summed E-state index contributed by atoms with van der Waals surface area (Å²) in [5, 5.41) is 17.7. The minimum atomic E-state index is 0.168. The van der Waals surface area contributed by atoms with Gasteiger partial charge in [0.2, 0.25) is 0 Å². The number of pyridine rings is 1. The molecule has 0 amide bonds. The van der Waals surface area contributed by atoms with E-state index in [-0.39, 0.29) is 13.2 Å². The first-order valence-corrected chi connectivity index (χ1v) is 5.70. The van der Waals surface area contributed by atoms with Crippen LogP contribution in [-0.4, -0.2) is 52.9 Å². The van der Waals surface area contributed by atoms with Gasteiger partial charge in [-0.05, 0) is 30.5 Å². The summed E-state index contributed by atoms with van der Waals surface area (Å²) >= 11 is 0. The van der Waals surface area contributed by atoms with E-state index >= 15 is 0 Å². The van der Waals surface area contributed by atoms with Gasteiger partial charge in [-0.25, -0.2) is 0 Å². The molecule has 2 N–H and O–H groups in total. The zero-order valence-corrected chi connectivity index (χ0v) is 9.55. The number of hydrogen-bond donors (Lipinski definition) is 2. The number of aliphatic hydroxyl groups excluding tert-OH is 2. The maximum absolute atomic E-state index is 8.92. The molecule has 0 aromatic carbocycles. The van der Waals surface area contributed by atoms with Crippen molar-refractivity contribution in [1.82, 2.24) is 9.88 Å². The molecule has 90 valence electrons. The van der Waals surface area contributed by atoms with Crippen molar-refractivity contribution in [2.24, 2.45) is 0 Å². The SMILES string of the molecule is OCCCN(CCO)CCc1ccncc1. The second kappa shape index (κ2) is 8.21. The average molecular weight is 224 g/mol. The Bertz CT molecular complexity index is 267. The van der Waals surface area contributed by atoms with Crippen molar-refractivity contribution >= 4 is 0 Å². The lowest BCUT2D eigenvalue weighted by molar-refractivity contribution is 0.181. The Balaban J connectivity index is 2.31. The molecule has 0 saturated heterocycles. The third kappa shape index (κ3) is 5.21. The summed E-state index contributed by atoms with van der Waals surface area (Å²) in [5.41, 5.74) is 1.25. The van der Waals surface area contributed by atoms with Crippen molar-refractivity contribution in [3.63, 3.8) is 0 Å². The van der Waals surface area contributed by atoms with E-state index in [4.69, 9.17) is 10.2 Å². The highest BCUT2D eigenvalue weighted by Crippen LogP contribution is 2.00. The highest BCUT2D eigenvalue weighted by Gasteiger charge is 2.03. The van der Waals surface area contributed by atoms with Gasteiger partial charge in [0.15, 0.2) is 0 Å². The largest absolute Gasteiger partial charge is 0.396 e. The molecule has 1 heterocycles. The van der Waals surface area contributed by atoms with Gasteiger partial charge in [0.25, 0.3) is 0 Å². The predicted octanol–water partition coefficient (Wildman–Crippen LogP) is 0.301. The van der Waals surface area contributed by atoms with Crippen LogP contribution < -0.4 is 0 Å². The molecule has 0 aliphatic rings. The molecule has 0 unspecified atom stereocenters. The van der Waals surface area contributed by atoms with Crippen molar-refractivity contribution in [3.8, 4) is 0 Å². The van der Waals surface area contributed by atoms with Crippen LogP contribution in [0.4, 0.5) is 0 Å². The minimum absolute atomic E-state index is 0.168. The van der Waals surface area contributed by atoms with E-state index in [1.807, 2.05) is 12.1 Å². The van der Waals surface area contributed by atoms with Crippen molar-refractivity contribution in [2.75, 3.05) is 32.8 Å². The molecule has 1 aromatic heterocycles. The van der Waals surface area contributed by atoms with E-state index in [0.29, 0.717) is 6.54 Å². The smallest absolute Gasteiger partial charge is 0.0558 e. The van der Waals surface area contributed by atoms with Gasteiger partial charge in [-0.2, -0.15) is 0 Å². The maximum atomic E-state index is 8.92. The average Bonchev–Trinajstić information content (AvgIpc) is 2.34. The van der Waals surface area contributed by atoms with Gasteiger partial charge in [-0.15, -0.1) is 0 Å². The molecule has 1 aromatic rings. The van der Waals surface area contributed by atoms with Crippen LogP contribution in [0, 0.1) is 0 Å². The van der Waals surface area contributed by atoms with Crippen LogP contribution in [0.3, 0.4) is 0 Å². The number of aromatic nitrogens is 1. The second-order valence-electron chi connectivity index (χ2n) is 3.75. The third-order valence-electron chi connectivity index (χ3n) is 2.51. The summed E-state index contributed by atoms with van der Waals surface area (Å²) in [4.78, 5) is 6.14. The van der Waals surface area contributed by atoms with Gasteiger partial charge >= 0.3 is 0 Å². The van der Waals surface area contributed by atoms with Crippen LogP contribution in [-0.2, 0) is 6.42 Å². The summed E-state index contributed by atoms with van der Waals surface area (Å²) in [6.45, 7) is 2.79. The molecule has 0 saturated carbocycles. The van der Waals surface area contributed by atoms with E-state index in [1.54, 1.807) is 12.4 Å². The van der Waals surface area contributed by atoms with Crippen LogP contribution in [0.1, 0.15) is 12.0 Å². The normalized spacial score (nSPS) is 10.9. The molecule has 0 atom stereocenters. The van der Waals surface area contributed by atoms with Crippen LogP contribution in [0.2, 0.25) is 0 Å². The number of rotatable bonds is 8. The molecule has 0 fully saturated rings. The lowest BCUT2D eigenvalue weighted by Gasteiger charge is -2.20. The summed E-state index contributed by atoms with van der Waals surface area (Å²) in [6, 6.07) is 4.01. The summed E-state index contributed by atoms with van der Waals surface area (Å²) in [5.74, 6) is 0. The molecule has 4 heteroatoms. The van der Waals surface area contributed by atoms with E-state index in [2.05, 4.69) is 9.88 Å². The molecule has 1 rings (SSSR count). The molecule has 0 aliphatic carbocycles. The van der Waals surface area contributed by atoms with Crippen LogP contribution in [0.15, 0.2) is 24.5 Å². The van der Waals surface area contributed by atoms with E-state index in [0.717, 1.165) is 25.9 Å². The first-order chi connectivity index (χ1) is 7.86. The topological polar surface area (TPSA) is 56.6 Å². The lowest BCUT2D eigenvalue weighted by atomic mass is 10.2. The van der Waals surface area contributed by atoms with Gasteiger partial charge < -0.3 is 15.1 Å². The molecule has 4 nitrogen and oxygen atoms in total. The van der Waals surface area contributed by atoms with E-state index in [1.165, 1.54) is 5.56 Å². The van der Waals surface area contributed by atoms with Crippen molar-refractivity contribution in [1.29, 1.82) is 0 Å². The van der Waals surface area contributed by atoms with Gasteiger partial charge in [-0.1, -0.05) is 0 Å². The summed E-state index contributed by atoms with van der Waals surface area (Å²) in [6.07, 6.45) is 5.29. The summed E-state index contributed by atoms with van der Waals surface area (Å²) < 4.78 is 0. The Morgan fingerprint density at radius 2 is 1.75 bits per heavy atom. The standard InChI is InChI=1S/C12H20N2O2/c15-10-1-7-14(9-11-16)8-4-12-2-5-13-6-3-12/h2-3,5-6,15-16H,1,4,7-11H2. The van der Waals surface area contributed by atoms with Crippen molar-refractivity contribution < 1.29 is 10.2 Å². The van der Waals surface area contributed by atoms with Gasteiger partial charge in [0.05, 0.1) is 6.61 Å². The first kappa shape index (κ1) is 13.1. The Labute approximate surface area is 96.6 Å². The number of nitrogens with zero attached hydrogens (tertiary/aromatic N) is 2. The van der Waals surface area contributed by atoms with Crippen molar-refractivity contribution in [2.45, 2.75) is 12.8 Å². The van der Waals surface area contributed by atoms with Crippen molar-refractivity contribution in [3.05, 3.63) is 30.1 Å². The minimum Gasteiger partial charge on any atom is -0.396 e. The molecule has 0 aliphatic heterocycles. The fraction of sp³-hybridized carbons (Fsp3) is 0.583. The zero-order valence-electron chi connectivity index (χ0n) is 9.55. The molecule has 0 radical (unpaired) electrons. The van der Waals surface area contributed by atoms with E-state index in [9.17, 15) is 0 Å². The maximum Gasteiger partial charge on any atom is 0.0558 e. The molecule has 0 bridgehead atoms. The Kier molecular flexibility index (Phi) is 6.72. The highest BCUT2D eigenvalue weighted by atomic mass is 16.3. The zero-order chi connectivity index (χ0) is 11.6. The Morgan fingerprint density at radius 3 is 2.38 bits per heavy atom. The second-order valence-corrected chi connectivity index (χ2v) is 3.75. The van der Waals surface area contributed by atoms with Gasteiger partial charge in [-0.3, -0.25) is 4.98 Å². The number of aliphatic hydroxyl groups is 2. The van der Waals surface area contributed by atoms with Gasteiger partial charge in [0.1, 0.15) is 0 Å². The monoisotopic (exact) mass is 224 g/mol. The predicted molar refractivity (Wildman–Crippen MR) is 63.2 cm³/mol. The molecular formula is C12H20N2O2. The molecule has 0 spiro atoms. The van der Waals surface area contributed by atoms with Crippen LogP contribution >= 0.6 is 0 Å². The molecule has 16 heavy (non-hydrogen) atoms. The fourth-order valence-corrected chi connectivity index (χ4v) is 1.61. The van der Waals surface area contributed by atoms with Crippen LogP contribution in [0.5, 0.6) is 0 Å². The first-order valence-electron chi connectivity index (χ1n) is 5.70.